The number of anilines is 5. The summed E-state index contributed by atoms with van der Waals surface area (Å²) in [7, 11) is 1.81. The van der Waals surface area contributed by atoms with E-state index in [1.807, 2.05) is 39.1 Å². The molecule has 1 saturated carbocycles. The van der Waals surface area contributed by atoms with Gasteiger partial charge in [-0.15, -0.1) is 0 Å². The lowest BCUT2D eigenvalue weighted by molar-refractivity contribution is -0.125. The zero-order valence-electron chi connectivity index (χ0n) is 18.2. The van der Waals surface area contributed by atoms with E-state index in [0.717, 1.165) is 41.3 Å². The van der Waals surface area contributed by atoms with Crippen LogP contribution in [0, 0.1) is 5.41 Å². The average Bonchev–Trinajstić information content (AvgIpc) is 3.38. The van der Waals surface area contributed by atoms with Gasteiger partial charge in [0.2, 0.25) is 17.8 Å². The summed E-state index contributed by atoms with van der Waals surface area (Å²) in [4.78, 5) is 38.1. The molecule has 2 aliphatic heterocycles. The number of nitrogens with one attached hydrogen (secondary N) is 2. The summed E-state index contributed by atoms with van der Waals surface area (Å²) in [5, 5.41) is 6.13. The van der Waals surface area contributed by atoms with Crippen LogP contribution in [0.5, 0.6) is 0 Å². The molecule has 8 nitrogen and oxygen atoms in total. The number of hydrogen-bond acceptors (Lipinski definition) is 6. The Labute approximate surface area is 182 Å². The molecule has 5 rings (SSSR count). The van der Waals surface area contributed by atoms with Crippen LogP contribution in [0.25, 0.3) is 0 Å². The molecular weight excluding hydrogens is 392 g/mol. The van der Waals surface area contributed by atoms with Crippen LogP contribution in [0.3, 0.4) is 0 Å². The van der Waals surface area contributed by atoms with Crippen LogP contribution in [0.1, 0.15) is 45.1 Å². The highest BCUT2D eigenvalue weighted by atomic mass is 16.2. The minimum absolute atomic E-state index is 0.0101. The number of nitrogens with zero attached hydrogens (tertiary/aromatic N) is 4. The van der Waals surface area contributed by atoms with E-state index in [1.165, 1.54) is 12.8 Å². The summed E-state index contributed by atoms with van der Waals surface area (Å²) in [6.07, 6.45) is 6.77. The van der Waals surface area contributed by atoms with Crippen molar-refractivity contribution < 1.29 is 9.59 Å². The summed E-state index contributed by atoms with van der Waals surface area (Å²) < 4.78 is 0. The molecule has 31 heavy (non-hydrogen) atoms. The third-order valence-corrected chi connectivity index (χ3v) is 6.58. The first-order chi connectivity index (χ1) is 14.8. The van der Waals surface area contributed by atoms with E-state index in [2.05, 4.69) is 20.5 Å². The normalized spacial score (nSPS) is 20.4. The van der Waals surface area contributed by atoms with Gasteiger partial charge in [-0.2, -0.15) is 4.98 Å². The number of aromatic nitrogens is 2. The molecule has 0 bridgehead atoms. The summed E-state index contributed by atoms with van der Waals surface area (Å²) >= 11 is 0. The van der Waals surface area contributed by atoms with Gasteiger partial charge in [-0.1, -0.05) is 12.8 Å². The molecule has 2 N–H and O–H groups in total. The molecule has 1 fully saturated rings. The first-order valence-electron chi connectivity index (χ1n) is 10.9. The van der Waals surface area contributed by atoms with Crippen LogP contribution in [0.2, 0.25) is 0 Å². The Morgan fingerprint density at radius 2 is 1.97 bits per heavy atom. The van der Waals surface area contributed by atoms with E-state index >= 15 is 0 Å². The van der Waals surface area contributed by atoms with E-state index in [0.29, 0.717) is 25.0 Å². The fourth-order valence-corrected chi connectivity index (χ4v) is 4.96. The molecule has 8 heteroatoms. The number of fused-ring (bicyclic) bond motifs is 2. The van der Waals surface area contributed by atoms with Crippen molar-refractivity contribution in [1.29, 1.82) is 0 Å². The van der Waals surface area contributed by atoms with Crippen molar-refractivity contribution in [2.24, 2.45) is 5.41 Å². The smallest absolute Gasteiger partial charge is 0.234 e. The van der Waals surface area contributed by atoms with Crippen LogP contribution >= 0.6 is 0 Å². The van der Waals surface area contributed by atoms with Crippen LogP contribution in [-0.2, 0) is 16.0 Å². The van der Waals surface area contributed by atoms with Gasteiger partial charge >= 0.3 is 0 Å². The maximum atomic E-state index is 13.1. The zero-order chi connectivity index (χ0) is 21.8. The fraction of sp³-hybridized carbons (Fsp3) is 0.478. The Morgan fingerprint density at radius 1 is 1.19 bits per heavy atom. The summed E-state index contributed by atoms with van der Waals surface area (Å²) in [6, 6.07) is 6.14. The number of carbonyl (C=O) groups is 2. The van der Waals surface area contributed by atoms with Gasteiger partial charge in [0.1, 0.15) is 5.69 Å². The van der Waals surface area contributed by atoms with Crippen molar-refractivity contribution in [2.75, 3.05) is 34.0 Å². The average molecular weight is 421 g/mol. The highest BCUT2D eigenvalue weighted by Gasteiger charge is 2.41. The Hall–Kier alpha value is -3.16. The van der Waals surface area contributed by atoms with Crippen molar-refractivity contribution in [3.8, 4) is 0 Å². The molecule has 0 saturated heterocycles. The van der Waals surface area contributed by atoms with Gasteiger partial charge in [-0.25, -0.2) is 4.98 Å². The molecule has 3 heterocycles. The predicted octanol–water partition coefficient (Wildman–Crippen LogP) is 3.47. The van der Waals surface area contributed by atoms with Gasteiger partial charge in [0, 0.05) is 31.0 Å². The van der Waals surface area contributed by atoms with Crippen molar-refractivity contribution >= 4 is 40.6 Å². The van der Waals surface area contributed by atoms with Gasteiger partial charge in [-0.05, 0) is 50.5 Å². The molecule has 162 valence electrons. The Bertz CT molecular complexity index is 1060. The SMILES string of the molecule is CN1C(=O)C(C)(C)CN(C2CCCC2)c2nc(Nc3ccc4c(c3)CC(=O)N4)ncc21. The molecule has 0 spiro atoms. The first kappa shape index (κ1) is 19.8. The second-order valence-electron chi connectivity index (χ2n) is 9.44. The van der Waals surface area contributed by atoms with Gasteiger partial charge in [0.25, 0.3) is 0 Å². The largest absolute Gasteiger partial charge is 0.351 e. The molecule has 0 radical (unpaired) electrons. The third-order valence-electron chi connectivity index (χ3n) is 6.58. The van der Waals surface area contributed by atoms with E-state index in [-0.39, 0.29) is 11.8 Å². The highest BCUT2D eigenvalue weighted by Crippen LogP contribution is 2.40. The molecule has 0 atom stereocenters. The molecular formula is C23H28N6O2. The molecule has 3 aliphatic rings. The number of rotatable bonds is 3. The molecule has 1 aromatic heterocycles. The lowest BCUT2D eigenvalue weighted by atomic mass is 9.91. The molecule has 1 aliphatic carbocycles. The third kappa shape index (κ3) is 3.49. The second-order valence-corrected chi connectivity index (χ2v) is 9.44. The fourth-order valence-electron chi connectivity index (χ4n) is 4.96. The summed E-state index contributed by atoms with van der Waals surface area (Å²) in [6.45, 7) is 4.65. The van der Waals surface area contributed by atoms with Crippen LogP contribution < -0.4 is 20.4 Å². The Morgan fingerprint density at radius 3 is 2.74 bits per heavy atom. The minimum Gasteiger partial charge on any atom is -0.351 e. The lowest BCUT2D eigenvalue weighted by Gasteiger charge is -2.34. The van der Waals surface area contributed by atoms with Gasteiger partial charge in [0.15, 0.2) is 5.82 Å². The quantitative estimate of drug-likeness (QED) is 0.790. The van der Waals surface area contributed by atoms with Crippen molar-refractivity contribution in [3.63, 3.8) is 0 Å². The summed E-state index contributed by atoms with van der Waals surface area (Å²) in [5.41, 5.74) is 2.89. The molecule has 2 amide bonds. The standard InChI is InChI=1S/C23H28N6O2/c1-23(2)13-29(16-6-4-5-7-16)20-18(28(3)21(23)31)12-24-22(27-20)25-15-8-9-17-14(10-15)11-19(30)26-17/h8-10,12,16H,4-7,11,13H2,1-3H3,(H,26,30)(H,24,25,27). The number of benzene rings is 1. The highest BCUT2D eigenvalue weighted by molar-refractivity contribution is 6.01. The summed E-state index contributed by atoms with van der Waals surface area (Å²) in [5.74, 6) is 1.38. The molecule has 2 aromatic rings. The van der Waals surface area contributed by atoms with Crippen LogP contribution in [0.4, 0.5) is 28.8 Å². The van der Waals surface area contributed by atoms with Crippen LogP contribution in [0.15, 0.2) is 24.4 Å². The van der Waals surface area contributed by atoms with Crippen LogP contribution in [-0.4, -0.2) is 41.4 Å². The topological polar surface area (TPSA) is 90.5 Å². The van der Waals surface area contributed by atoms with E-state index in [1.54, 1.807) is 11.1 Å². The van der Waals surface area contributed by atoms with Crippen molar-refractivity contribution in [3.05, 3.63) is 30.0 Å². The zero-order valence-corrected chi connectivity index (χ0v) is 18.2. The lowest BCUT2D eigenvalue weighted by Crippen LogP contribution is -2.45. The maximum absolute atomic E-state index is 13.1. The Kier molecular flexibility index (Phi) is 4.60. The number of hydrogen-bond donors (Lipinski definition) is 2. The van der Waals surface area contributed by atoms with Gasteiger partial charge in [0.05, 0.1) is 18.0 Å². The number of carbonyl (C=O) groups excluding carboxylic acids is 2. The van der Waals surface area contributed by atoms with Gasteiger partial charge < -0.3 is 20.4 Å². The van der Waals surface area contributed by atoms with Crippen molar-refractivity contribution in [2.45, 2.75) is 52.0 Å². The van der Waals surface area contributed by atoms with E-state index in [4.69, 9.17) is 4.98 Å². The predicted molar refractivity (Wildman–Crippen MR) is 121 cm³/mol. The van der Waals surface area contributed by atoms with E-state index in [9.17, 15) is 9.59 Å². The molecule has 0 unspecified atom stereocenters. The first-order valence-corrected chi connectivity index (χ1v) is 10.9. The maximum Gasteiger partial charge on any atom is 0.234 e. The Balaban J connectivity index is 1.51. The number of amides is 2. The van der Waals surface area contributed by atoms with Gasteiger partial charge in [-0.3, -0.25) is 9.59 Å². The van der Waals surface area contributed by atoms with Crippen molar-refractivity contribution in [1.82, 2.24) is 9.97 Å². The minimum atomic E-state index is -0.509. The molecule has 1 aromatic carbocycles. The second kappa shape index (κ2) is 7.21. The monoisotopic (exact) mass is 420 g/mol. The van der Waals surface area contributed by atoms with E-state index < -0.39 is 5.41 Å².